The van der Waals surface area contributed by atoms with Gasteiger partial charge in [-0.05, 0) is 68.9 Å². The van der Waals surface area contributed by atoms with E-state index in [9.17, 15) is 8.42 Å². The molecule has 7 heteroatoms. The fraction of sp³-hybridized carbons (Fsp3) is 0.600. The number of hydrogen-bond donors (Lipinski definition) is 1. The Hall–Kier alpha value is -1.73. The van der Waals surface area contributed by atoms with Gasteiger partial charge in [0.15, 0.2) is 9.84 Å². The number of nitrogens with zero attached hydrogens (tertiary/aromatic N) is 3. The van der Waals surface area contributed by atoms with E-state index in [1.165, 1.54) is 38.4 Å². The van der Waals surface area contributed by atoms with Crippen molar-refractivity contribution < 1.29 is 8.42 Å². The van der Waals surface area contributed by atoms with Crippen LogP contribution in [0.3, 0.4) is 0 Å². The second kappa shape index (κ2) is 8.52. The van der Waals surface area contributed by atoms with Gasteiger partial charge >= 0.3 is 0 Å². The van der Waals surface area contributed by atoms with Crippen LogP contribution in [0, 0.1) is 11.8 Å². The van der Waals surface area contributed by atoms with Crippen LogP contribution in [0.25, 0.3) is 10.9 Å². The summed E-state index contributed by atoms with van der Waals surface area (Å²) >= 11 is 0. The molecule has 6 nitrogen and oxygen atoms in total. The Balaban J connectivity index is 1.62. The number of benzene rings is 1. The van der Waals surface area contributed by atoms with Gasteiger partial charge in [0, 0.05) is 18.2 Å². The smallest absolute Gasteiger partial charge is 0.175 e. The maximum absolute atomic E-state index is 11.9. The van der Waals surface area contributed by atoms with Gasteiger partial charge < -0.3 is 10.2 Å². The van der Waals surface area contributed by atoms with E-state index in [0.29, 0.717) is 16.6 Å². The van der Waals surface area contributed by atoms with Crippen LogP contribution in [0.15, 0.2) is 29.4 Å². The minimum Gasteiger partial charge on any atom is -0.369 e. The zero-order chi connectivity index (χ0) is 19.4. The summed E-state index contributed by atoms with van der Waals surface area (Å²) in [7, 11) is -3.25. The van der Waals surface area contributed by atoms with E-state index in [0.717, 1.165) is 36.5 Å². The Kier molecular flexibility index (Phi) is 6.32. The van der Waals surface area contributed by atoms with E-state index >= 15 is 0 Å². The molecule has 3 rings (SSSR count). The molecule has 0 bridgehead atoms. The molecule has 148 valence electrons. The molecule has 27 heavy (non-hydrogen) atoms. The number of hydrogen-bond acceptors (Lipinski definition) is 6. The van der Waals surface area contributed by atoms with Crippen LogP contribution in [0.5, 0.6) is 0 Å². The molecule has 0 amide bonds. The van der Waals surface area contributed by atoms with Gasteiger partial charge in [0.25, 0.3) is 0 Å². The first-order chi connectivity index (χ1) is 12.8. The summed E-state index contributed by atoms with van der Waals surface area (Å²) < 4.78 is 23.7. The van der Waals surface area contributed by atoms with Crippen LogP contribution in [0.1, 0.15) is 33.1 Å². The third-order valence-electron chi connectivity index (χ3n) is 5.32. The molecule has 0 spiro atoms. The van der Waals surface area contributed by atoms with Crippen molar-refractivity contribution in [1.82, 2.24) is 14.9 Å². The van der Waals surface area contributed by atoms with Crippen molar-refractivity contribution in [1.29, 1.82) is 0 Å². The Morgan fingerprint density at radius 2 is 1.96 bits per heavy atom. The lowest BCUT2D eigenvalue weighted by molar-refractivity contribution is 0.181. The van der Waals surface area contributed by atoms with Gasteiger partial charge in [-0.2, -0.15) is 0 Å². The van der Waals surface area contributed by atoms with E-state index in [4.69, 9.17) is 0 Å². The number of anilines is 1. The van der Waals surface area contributed by atoms with Crippen LogP contribution in [-0.2, 0) is 9.84 Å². The molecule has 0 saturated carbocycles. The lowest BCUT2D eigenvalue weighted by Crippen LogP contribution is -2.36. The number of piperidine rings is 1. The van der Waals surface area contributed by atoms with E-state index < -0.39 is 9.84 Å². The van der Waals surface area contributed by atoms with Gasteiger partial charge in [0.2, 0.25) is 0 Å². The van der Waals surface area contributed by atoms with E-state index in [1.54, 1.807) is 18.2 Å². The largest absolute Gasteiger partial charge is 0.369 e. The van der Waals surface area contributed by atoms with Crippen LogP contribution < -0.4 is 5.32 Å². The molecule has 1 saturated heterocycles. The SMILES string of the molecule is CC(C)CCN1CCC(CNc2ncnc3ccc(S(C)(=O)=O)cc23)CC1. The topological polar surface area (TPSA) is 75.2 Å². The van der Waals surface area contributed by atoms with Crippen molar-refractivity contribution in [3.63, 3.8) is 0 Å². The average Bonchev–Trinajstić information content (AvgIpc) is 2.64. The fourth-order valence-electron chi connectivity index (χ4n) is 3.50. The predicted octanol–water partition coefficient (Wildman–Crippen LogP) is 3.20. The van der Waals surface area contributed by atoms with E-state index in [2.05, 4.69) is 34.0 Å². The Labute approximate surface area is 162 Å². The first kappa shape index (κ1) is 20.0. The third-order valence-corrected chi connectivity index (χ3v) is 6.43. The number of sulfone groups is 1. The first-order valence-corrected chi connectivity index (χ1v) is 11.6. The molecule has 0 radical (unpaired) electrons. The van der Waals surface area contributed by atoms with Gasteiger partial charge in [0.05, 0.1) is 10.4 Å². The molecule has 1 aliphatic heterocycles. The highest BCUT2D eigenvalue weighted by molar-refractivity contribution is 7.90. The molecular formula is C20H30N4O2S. The summed E-state index contributed by atoms with van der Waals surface area (Å²) in [6, 6.07) is 5.01. The van der Waals surface area contributed by atoms with Crippen LogP contribution >= 0.6 is 0 Å². The maximum Gasteiger partial charge on any atom is 0.175 e. The van der Waals surface area contributed by atoms with Gasteiger partial charge in [-0.15, -0.1) is 0 Å². The average molecular weight is 391 g/mol. The van der Waals surface area contributed by atoms with Crippen molar-refractivity contribution in [2.45, 2.75) is 38.0 Å². The predicted molar refractivity (Wildman–Crippen MR) is 110 cm³/mol. The summed E-state index contributed by atoms with van der Waals surface area (Å²) in [6.07, 6.45) is 6.38. The molecule has 1 N–H and O–H groups in total. The molecule has 1 aromatic carbocycles. The number of aromatic nitrogens is 2. The number of likely N-dealkylation sites (tertiary alicyclic amines) is 1. The second-order valence-electron chi connectivity index (χ2n) is 8.02. The second-order valence-corrected chi connectivity index (χ2v) is 10.0. The van der Waals surface area contributed by atoms with Crippen LogP contribution in [-0.4, -0.2) is 55.7 Å². The fourth-order valence-corrected chi connectivity index (χ4v) is 4.15. The summed E-state index contributed by atoms with van der Waals surface area (Å²) in [4.78, 5) is 11.5. The Morgan fingerprint density at radius 3 is 2.63 bits per heavy atom. The quantitative estimate of drug-likeness (QED) is 0.782. The summed E-state index contributed by atoms with van der Waals surface area (Å²) in [6.45, 7) is 8.91. The third kappa shape index (κ3) is 5.39. The number of nitrogens with one attached hydrogen (secondary N) is 1. The lowest BCUT2D eigenvalue weighted by atomic mass is 9.96. The van der Waals surface area contributed by atoms with Crippen LogP contribution in [0.2, 0.25) is 0 Å². The lowest BCUT2D eigenvalue weighted by Gasteiger charge is -2.32. The minimum absolute atomic E-state index is 0.298. The summed E-state index contributed by atoms with van der Waals surface area (Å²) in [5, 5.41) is 4.20. The highest BCUT2D eigenvalue weighted by atomic mass is 32.2. The van der Waals surface area contributed by atoms with Gasteiger partial charge in [-0.25, -0.2) is 18.4 Å². The number of fused-ring (bicyclic) bond motifs is 1. The molecule has 1 aromatic heterocycles. The molecule has 1 aliphatic rings. The molecule has 0 unspecified atom stereocenters. The van der Waals surface area contributed by atoms with Crippen molar-refractivity contribution >= 4 is 26.6 Å². The highest BCUT2D eigenvalue weighted by Gasteiger charge is 2.19. The minimum atomic E-state index is -3.25. The van der Waals surface area contributed by atoms with Gasteiger partial charge in [-0.3, -0.25) is 0 Å². The zero-order valence-electron chi connectivity index (χ0n) is 16.5. The molecule has 0 aliphatic carbocycles. The van der Waals surface area contributed by atoms with Crippen molar-refractivity contribution in [3.05, 3.63) is 24.5 Å². The molecule has 0 atom stereocenters. The highest BCUT2D eigenvalue weighted by Crippen LogP contribution is 2.24. The normalized spacial score (nSPS) is 16.9. The molecule has 2 aromatic rings. The van der Waals surface area contributed by atoms with Crippen molar-refractivity contribution in [3.8, 4) is 0 Å². The molecular weight excluding hydrogens is 360 g/mol. The van der Waals surface area contributed by atoms with E-state index in [1.807, 2.05) is 0 Å². The van der Waals surface area contributed by atoms with Gasteiger partial charge in [0.1, 0.15) is 12.1 Å². The van der Waals surface area contributed by atoms with E-state index in [-0.39, 0.29) is 0 Å². The summed E-state index contributed by atoms with van der Waals surface area (Å²) in [5.41, 5.74) is 0.753. The first-order valence-electron chi connectivity index (χ1n) is 9.74. The number of rotatable bonds is 7. The molecule has 2 heterocycles. The standard InChI is InChI=1S/C20H30N4O2S/c1-15(2)6-9-24-10-7-16(8-11-24)13-21-20-18-12-17(27(3,25)26)4-5-19(18)22-14-23-20/h4-5,12,14-16H,6-11,13H2,1-3H3,(H,21,22,23). The Bertz CT molecular complexity index is 875. The van der Waals surface area contributed by atoms with Crippen molar-refractivity contribution in [2.75, 3.05) is 37.8 Å². The van der Waals surface area contributed by atoms with Crippen LogP contribution in [0.4, 0.5) is 5.82 Å². The monoisotopic (exact) mass is 390 g/mol. The maximum atomic E-state index is 11.9. The zero-order valence-corrected chi connectivity index (χ0v) is 17.3. The van der Waals surface area contributed by atoms with Crippen molar-refractivity contribution in [2.24, 2.45) is 11.8 Å². The Morgan fingerprint density at radius 1 is 1.22 bits per heavy atom. The summed E-state index contributed by atoms with van der Waals surface area (Å²) in [5.74, 6) is 2.09. The molecule has 1 fully saturated rings. The van der Waals surface area contributed by atoms with Gasteiger partial charge in [-0.1, -0.05) is 13.8 Å².